The van der Waals surface area contributed by atoms with Crippen molar-refractivity contribution in [2.45, 2.75) is 12.7 Å². The minimum absolute atomic E-state index is 0.165. The fourth-order valence-corrected chi connectivity index (χ4v) is 2.50. The van der Waals surface area contributed by atoms with Crippen LogP contribution in [-0.2, 0) is 22.3 Å². The van der Waals surface area contributed by atoms with Gasteiger partial charge < -0.3 is 14.2 Å². The predicted octanol–water partition coefficient (Wildman–Crippen LogP) is 2.57. The molecule has 11 heteroatoms. The third-order valence-corrected chi connectivity index (χ3v) is 3.92. The standard InChI is InChI=1S/C16H17F3N4O4/c1-25-23(15(24)22-6-8-26-9-7-22)10-11-2-4-12(5-3-11)13-20-14(27-21-13)16(17,18)19/h2-5H,6-10H2,1H3. The average molecular weight is 386 g/mol. The fourth-order valence-electron chi connectivity index (χ4n) is 2.50. The minimum atomic E-state index is -4.69. The zero-order chi connectivity index (χ0) is 19.4. The smallest absolute Gasteiger partial charge is 0.378 e. The third kappa shape index (κ3) is 4.55. The Morgan fingerprint density at radius 3 is 2.48 bits per heavy atom. The molecule has 8 nitrogen and oxygen atoms in total. The van der Waals surface area contributed by atoms with Crippen molar-refractivity contribution < 1.29 is 32.1 Å². The minimum Gasteiger partial charge on any atom is -0.378 e. The van der Waals surface area contributed by atoms with E-state index in [0.29, 0.717) is 31.9 Å². The second-order valence-electron chi connectivity index (χ2n) is 5.72. The van der Waals surface area contributed by atoms with E-state index in [9.17, 15) is 18.0 Å². The van der Waals surface area contributed by atoms with Gasteiger partial charge in [0.2, 0.25) is 5.82 Å². The van der Waals surface area contributed by atoms with Crippen LogP contribution in [0.25, 0.3) is 11.4 Å². The summed E-state index contributed by atoms with van der Waals surface area (Å²) in [5, 5.41) is 4.54. The van der Waals surface area contributed by atoms with Crippen LogP contribution in [0.15, 0.2) is 28.8 Å². The lowest BCUT2D eigenvalue weighted by Gasteiger charge is -2.31. The molecule has 1 aromatic carbocycles. The molecule has 27 heavy (non-hydrogen) atoms. The van der Waals surface area contributed by atoms with E-state index in [2.05, 4.69) is 14.7 Å². The molecular weight excluding hydrogens is 369 g/mol. The van der Waals surface area contributed by atoms with Crippen molar-refractivity contribution in [3.05, 3.63) is 35.7 Å². The number of alkyl halides is 3. The number of ether oxygens (including phenoxy) is 1. The van der Waals surface area contributed by atoms with E-state index >= 15 is 0 Å². The molecule has 0 N–H and O–H groups in total. The lowest BCUT2D eigenvalue weighted by atomic mass is 10.1. The maximum Gasteiger partial charge on any atom is 0.471 e. The highest BCUT2D eigenvalue weighted by atomic mass is 19.4. The first kappa shape index (κ1) is 19.1. The van der Waals surface area contributed by atoms with Gasteiger partial charge in [-0.25, -0.2) is 4.79 Å². The zero-order valence-corrected chi connectivity index (χ0v) is 14.4. The molecular formula is C16H17F3N4O4. The van der Waals surface area contributed by atoms with Crippen LogP contribution in [-0.4, -0.2) is 59.5 Å². The van der Waals surface area contributed by atoms with Crippen LogP contribution in [0.5, 0.6) is 0 Å². The van der Waals surface area contributed by atoms with Crippen LogP contribution in [0.1, 0.15) is 11.5 Å². The molecule has 1 saturated heterocycles. The Labute approximate surface area is 152 Å². The molecule has 3 rings (SSSR count). The molecule has 0 radical (unpaired) electrons. The Morgan fingerprint density at radius 1 is 1.26 bits per heavy atom. The van der Waals surface area contributed by atoms with Crippen LogP contribution in [0, 0.1) is 0 Å². The number of rotatable bonds is 4. The van der Waals surface area contributed by atoms with E-state index in [0.717, 1.165) is 5.56 Å². The highest BCUT2D eigenvalue weighted by Crippen LogP contribution is 2.29. The monoisotopic (exact) mass is 386 g/mol. The predicted molar refractivity (Wildman–Crippen MR) is 85.1 cm³/mol. The Bertz CT molecular complexity index is 773. The SMILES string of the molecule is CON(Cc1ccc(-c2noc(C(F)(F)F)n2)cc1)C(=O)N1CCOCC1. The summed E-state index contributed by atoms with van der Waals surface area (Å²) in [5.74, 6) is -1.56. The Morgan fingerprint density at radius 2 is 1.93 bits per heavy atom. The summed E-state index contributed by atoms with van der Waals surface area (Å²) in [7, 11) is 1.39. The van der Waals surface area contributed by atoms with Gasteiger partial charge >= 0.3 is 18.1 Å². The summed E-state index contributed by atoms with van der Waals surface area (Å²) in [6.07, 6.45) is -4.69. The lowest BCUT2D eigenvalue weighted by molar-refractivity contribution is -0.159. The number of urea groups is 1. The number of hydrogen-bond acceptors (Lipinski definition) is 6. The molecule has 1 fully saturated rings. The number of carbonyl (C=O) groups excluding carboxylic acids is 1. The van der Waals surface area contributed by atoms with Gasteiger partial charge in [0, 0.05) is 18.7 Å². The molecule has 0 atom stereocenters. The molecule has 2 aromatic rings. The average Bonchev–Trinajstić information content (AvgIpc) is 3.17. The molecule has 2 amide bonds. The first-order valence-corrected chi connectivity index (χ1v) is 8.07. The van der Waals surface area contributed by atoms with Crippen molar-refractivity contribution in [2.75, 3.05) is 33.4 Å². The summed E-state index contributed by atoms with van der Waals surface area (Å²) in [5.41, 5.74) is 1.09. The van der Waals surface area contributed by atoms with Crippen molar-refractivity contribution >= 4 is 6.03 Å². The number of hydroxylamine groups is 2. The van der Waals surface area contributed by atoms with E-state index in [-0.39, 0.29) is 18.4 Å². The van der Waals surface area contributed by atoms with Crippen LogP contribution in [0.3, 0.4) is 0 Å². The number of hydrogen-bond donors (Lipinski definition) is 0. The number of nitrogens with zero attached hydrogens (tertiary/aromatic N) is 4. The van der Waals surface area contributed by atoms with Crippen molar-refractivity contribution in [1.29, 1.82) is 0 Å². The number of amides is 2. The summed E-state index contributed by atoms with van der Waals surface area (Å²) in [4.78, 5) is 22.6. The van der Waals surface area contributed by atoms with E-state index < -0.39 is 12.1 Å². The van der Waals surface area contributed by atoms with E-state index in [1.165, 1.54) is 12.2 Å². The van der Waals surface area contributed by atoms with Crippen molar-refractivity contribution in [2.24, 2.45) is 0 Å². The molecule has 0 aliphatic carbocycles. The topological polar surface area (TPSA) is 80.9 Å². The van der Waals surface area contributed by atoms with Gasteiger partial charge in [-0.1, -0.05) is 29.4 Å². The quantitative estimate of drug-likeness (QED) is 0.752. The van der Waals surface area contributed by atoms with Gasteiger partial charge in [-0.15, -0.1) is 0 Å². The lowest BCUT2D eigenvalue weighted by Crippen LogP contribution is -2.47. The summed E-state index contributed by atoms with van der Waals surface area (Å²) < 4.78 is 47.0. The van der Waals surface area contributed by atoms with Gasteiger partial charge in [-0.2, -0.15) is 23.2 Å². The van der Waals surface area contributed by atoms with Crippen molar-refractivity contribution in [1.82, 2.24) is 20.1 Å². The van der Waals surface area contributed by atoms with Gasteiger partial charge in [0.25, 0.3) is 0 Å². The molecule has 0 unspecified atom stereocenters. The first-order valence-electron chi connectivity index (χ1n) is 8.07. The maximum atomic E-state index is 12.5. The second kappa shape index (κ2) is 7.92. The molecule has 0 saturated carbocycles. The normalized spacial score (nSPS) is 15.0. The molecule has 1 aliphatic heterocycles. The van der Waals surface area contributed by atoms with E-state index in [1.807, 2.05) is 0 Å². The zero-order valence-electron chi connectivity index (χ0n) is 14.4. The van der Waals surface area contributed by atoms with Gasteiger partial charge in [0.05, 0.1) is 26.9 Å². The molecule has 1 aliphatic rings. The third-order valence-electron chi connectivity index (χ3n) is 3.92. The molecule has 1 aromatic heterocycles. The first-order chi connectivity index (χ1) is 12.9. The Hall–Kier alpha value is -2.66. The fraction of sp³-hybridized carbons (Fsp3) is 0.438. The van der Waals surface area contributed by atoms with E-state index in [1.54, 1.807) is 29.2 Å². The Kier molecular flexibility index (Phi) is 5.61. The van der Waals surface area contributed by atoms with Crippen LogP contribution < -0.4 is 0 Å². The maximum absolute atomic E-state index is 12.5. The summed E-state index contributed by atoms with van der Waals surface area (Å²) in [6.45, 7) is 2.09. The number of aromatic nitrogens is 2. The Balaban J connectivity index is 1.67. The van der Waals surface area contributed by atoms with Gasteiger partial charge in [0.15, 0.2) is 0 Å². The highest BCUT2D eigenvalue weighted by Gasteiger charge is 2.38. The molecule has 2 heterocycles. The molecule has 146 valence electrons. The number of benzene rings is 1. The van der Waals surface area contributed by atoms with Crippen molar-refractivity contribution in [3.8, 4) is 11.4 Å². The number of halogens is 3. The van der Waals surface area contributed by atoms with Gasteiger partial charge in [0.1, 0.15) is 0 Å². The second-order valence-corrected chi connectivity index (χ2v) is 5.72. The van der Waals surface area contributed by atoms with E-state index in [4.69, 9.17) is 9.57 Å². The van der Waals surface area contributed by atoms with Gasteiger partial charge in [-0.3, -0.25) is 4.84 Å². The van der Waals surface area contributed by atoms with Crippen molar-refractivity contribution in [3.63, 3.8) is 0 Å². The highest BCUT2D eigenvalue weighted by molar-refractivity contribution is 5.73. The summed E-state index contributed by atoms with van der Waals surface area (Å²) in [6, 6.07) is 6.12. The molecule has 0 spiro atoms. The van der Waals surface area contributed by atoms with Crippen LogP contribution in [0.4, 0.5) is 18.0 Å². The van der Waals surface area contributed by atoms with Gasteiger partial charge in [-0.05, 0) is 5.56 Å². The molecule has 0 bridgehead atoms. The number of morpholine rings is 1. The number of carbonyl (C=O) groups is 1. The largest absolute Gasteiger partial charge is 0.471 e. The summed E-state index contributed by atoms with van der Waals surface area (Å²) >= 11 is 0. The van der Waals surface area contributed by atoms with Crippen LogP contribution >= 0.6 is 0 Å². The van der Waals surface area contributed by atoms with Crippen LogP contribution in [0.2, 0.25) is 0 Å².